The van der Waals surface area contributed by atoms with Crippen LogP contribution in [0.1, 0.15) is 33.6 Å². The lowest BCUT2D eigenvalue weighted by atomic mass is 9.87. The van der Waals surface area contributed by atoms with Crippen LogP contribution in [-0.2, 0) is 4.74 Å². The van der Waals surface area contributed by atoms with Gasteiger partial charge in [0, 0.05) is 5.92 Å². The first kappa shape index (κ1) is 10.5. The molecule has 0 radical (unpaired) electrons. The summed E-state index contributed by atoms with van der Waals surface area (Å²) in [6, 6.07) is 0. The summed E-state index contributed by atoms with van der Waals surface area (Å²) in [5.74, 6) is 0.521. The van der Waals surface area contributed by atoms with Crippen molar-refractivity contribution >= 4 is 0 Å². The van der Waals surface area contributed by atoms with Crippen LogP contribution < -0.4 is 0 Å². The third-order valence-electron chi connectivity index (χ3n) is 2.69. The first-order valence-electron chi connectivity index (χ1n) is 5.08. The molecule has 13 heavy (non-hydrogen) atoms. The highest BCUT2D eigenvalue weighted by atomic mass is 16.5. The van der Waals surface area contributed by atoms with Crippen molar-refractivity contribution in [2.75, 3.05) is 0 Å². The number of hydrogen-bond donors (Lipinski definition) is 0. The van der Waals surface area contributed by atoms with Crippen LogP contribution in [0.2, 0.25) is 0 Å². The second-order valence-electron chi connectivity index (χ2n) is 3.97. The maximum Gasteiger partial charge on any atom is 0.0824 e. The lowest BCUT2D eigenvalue weighted by Crippen LogP contribution is -2.32. The van der Waals surface area contributed by atoms with Crippen molar-refractivity contribution in [3.8, 4) is 0 Å². The fourth-order valence-corrected chi connectivity index (χ4v) is 1.91. The van der Waals surface area contributed by atoms with Crippen LogP contribution in [0.5, 0.6) is 0 Å². The van der Waals surface area contributed by atoms with E-state index in [0.29, 0.717) is 12.0 Å². The highest BCUT2D eigenvalue weighted by Crippen LogP contribution is 2.30. The first-order valence-corrected chi connectivity index (χ1v) is 5.08. The van der Waals surface area contributed by atoms with Gasteiger partial charge in [0.2, 0.25) is 0 Å². The Balaban J connectivity index is 2.65. The Morgan fingerprint density at radius 2 is 2.15 bits per heavy atom. The molecule has 74 valence electrons. The predicted octanol–water partition coefficient (Wildman–Crippen LogP) is 3.32. The molecule has 1 heterocycles. The van der Waals surface area contributed by atoms with E-state index in [1.165, 1.54) is 12.0 Å². The van der Waals surface area contributed by atoms with Crippen LogP contribution in [0.15, 0.2) is 24.3 Å². The van der Waals surface area contributed by atoms with Crippen LogP contribution in [0.4, 0.5) is 0 Å². The molecular formula is C12H20O. The maximum absolute atomic E-state index is 5.85. The van der Waals surface area contributed by atoms with E-state index in [2.05, 4.69) is 32.6 Å². The third-order valence-corrected chi connectivity index (χ3v) is 2.69. The van der Waals surface area contributed by atoms with Crippen molar-refractivity contribution in [2.45, 2.75) is 45.8 Å². The van der Waals surface area contributed by atoms with E-state index >= 15 is 0 Å². The fourth-order valence-electron chi connectivity index (χ4n) is 1.91. The van der Waals surface area contributed by atoms with Gasteiger partial charge in [-0.2, -0.15) is 0 Å². The lowest BCUT2D eigenvalue weighted by molar-refractivity contribution is -0.0390. The highest BCUT2D eigenvalue weighted by molar-refractivity contribution is 5.07. The second kappa shape index (κ2) is 4.61. The Hall–Kier alpha value is -0.560. The molecule has 1 nitrogen and oxygen atoms in total. The minimum atomic E-state index is 0.256. The van der Waals surface area contributed by atoms with Crippen molar-refractivity contribution in [3.63, 3.8) is 0 Å². The summed E-state index contributed by atoms with van der Waals surface area (Å²) in [4.78, 5) is 0. The predicted molar refractivity (Wildman–Crippen MR) is 56.7 cm³/mol. The molecule has 1 aliphatic rings. The molecule has 0 N–H and O–H groups in total. The van der Waals surface area contributed by atoms with Gasteiger partial charge in [0.25, 0.3) is 0 Å². The topological polar surface area (TPSA) is 9.23 Å². The summed E-state index contributed by atoms with van der Waals surface area (Å²) in [7, 11) is 0. The molecule has 0 aromatic carbocycles. The van der Waals surface area contributed by atoms with E-state index < -0.39 is 0 Å². The van der Waals surface area contributed by atoms with E-state index in [0.717, 1.165) is 6.42 Å². The molecule has 1 saturated heterocycles. The average molecular weight is 180 g/mol. The molecule has 1 heteroatoms. The second-order valence-corrected chi connectivity index (χ2v) is 3.97. The molecule has 0 amide bonds. The fraction of sp³-hybridized carbons (Fsp3) is 0.667. The van der Waals surface area contributed by atoms with Crippen molar-refractivity contribution in [1.82, 2.24) is 0 Å². The average Bonchev–Trinajstić information content (AvgIpc) is 2.04. The zero-order valence-electron chi connectivity index (χ0n) is 8.92. The van der Waals surface area contributed by atoms with Crippen molar-refractivity contribution in [1.29, 1.82) is 0 Å². The molecule has 0 aromatic heterocycles. The molecule has 1 aliphatic heterocycles. The normalized spacial score (nSPS) is 35.2. The van der Waals surface area contributed by atoms with Gasteiger partial charge in [-0.1, -0.05) is 24.3 Å². The largest absolute Gasteiger partial charge is 0.371 e. The Kier molecular flexibility index (Phi) is 3.73. The Bertz CT molecular complexity index is 205. The Morgan fingerprint density at radius 1 is 1.46 bits per heavy atom. The number of allylic oxidation sites excluding steroid dienone is 1. The highest BCUT2D eigenvalue weighted by Gasteiger charge is 2.27. The molecule has 0 unspecified atom stereocenters. The standard InChI is InChI=1S/C12H20O/c1-5-6-12-11(9(2)3)8-7-10(4)13-12/h5-6,10-12H,2,7-8H2,1,3-4H3/b6-5+/t10-,11+,12-/m0/s1. The number of hydrogen-bond acceptors (Lipinski definition) is 1. The summed E-state index contributed by atoms with van der Waals surface area (Å²) in [6.45, 7) is 10.3. The monoisotopic (exact) mass is 180 g/mol. The summed E-state index contributed by atoms with van der Waals surface area (Å²) in [6.07, 6.45) is 7.24. The van der Waals surface area contributed by atoms with E-state index in [1.54, 1.807) is 0 Å². The van der Waals surface area contributed by atoms with Crippen LogP contribution in [0.25, 0.3) is 0 Å². The summed E-state index contributed by atoms with van der Waals surface area (Å²) >= 11 is 0. The van der Waals surface area contributed by atoms with Gasteiger partial charge in [0.1, 0.15) is 0 Å². The van der Waals surface area contributed by atoms with Gasteiger partial charge >= 0.3 is 0 Å². The van der Waals surface area contributed by atoms with Crippen LogP contribution in [-0.4, -0.2) is 12.2 Å². The summed E-state index contributed by atoms with van der Waals surface area (Å²) in [5.41, 5.74) is 1.25. The third kappa shape index (κ3) is 2.70. The van der Waals surface area contributed by atoms with E-state index in [1.807, 2.05) is 6.92 Å². The van der Waals surface area contributed by atoms with Crippen molar-refractivity contribution in [3.05, 3.63) is 24.3 Å². The molecule has 0 bridgehead atoms. The minimum Gasteiger partial charge on any atom is -0.371 e. The maximum atomic E-state index is 5.85. The van der Waals surface area contributed by atoms with Gasteiger partial charge in [-0.3, -0.25) is 0 Å². The summed E-state index contributed by atoms with van der Waals surface area (Å²) in [5, 5.41) is 0. The van der Waals surface area contributed by atoms with Crippen molar-refractivity contribution < 1.29 is 4.74 Å². The molecule has 0 aliphatic carbocycles. The van der Waals surface area contributed by atoms with Crippen LogP contribution >= 0.6 is 0 Å². The molecule has 3 atom stereocenters. The van der Waals surface area contributed by atoms with Gasteiger partial charge in [0.15, 0.2) is 0 Å². The van der Waals surface area contributed by atoms with Crippen LogP contribution in [0, 0.1) is 5.92 Å². The van der Waals surface area contributed by atoms with Gasteiger partial charge < -0.3 is 4.74 Å². The molecule has 1 fully saturated rings. The smallest absolute Gasteiger partial charge is 0.0824 e. The summed E-state index contributed by atoms with van der Waals surface area (Å²) < 4.78 is 5.85. The van der Waals surface area contributed by atoms with Gasteiger partial charge in [-0.25, -0.2) is 0 Å². The number of rotatable bonds is 2. The molecule has 0 spiro atoms. The first-order chi connectivity index (χ1) is 6.15. The zero-order chi connectivity index (χ0) is 9.84. The molecule has 0 aromatic rings. The number of ether oxygens (including phenoxy) is 1. The van der Waals surface area contributed by atoms with E-state index in [-0.39, 0.29) is 6.10 Å². The van der Waals surface area contributed by atoms with E-state index in [9.17, 15) is 0 Å². The van der Waals surface area contributed by atoms with Crippen LogP contribution in [0.3, 0.4) is 0 Å². The molecule has 1 rings (SSSR count). The van der Waals surface area contributed by atoms with Crippen molar-refractivity contribution in [2.24, 2.45) is 5.92 Å². The van der Waals surface area contributed by atoms with Gasteiger partial charge in [-0.05, 0) is 33.6 Å². The minimum absolute atomic E-state index is 0.256. The van der Waals surface area contributed by atoms with Gasteiger partial charge in [0.05, 0.1) is 12.2 Å². The van der Waals surface area contributed by atoms with Gasteiger partial charge in [-0.15, -0.1) is 0 Å². The molecular weight excluding hydrogens is 160 g/mol. The Morgan fingerprint density at radius 3 is 2.69 bits per heavy atom. The van der Waals surface area contributed by atoms with E-state index in [4.69, 9.17) is 4.74 Å². The molecule has 0 saturated carbocycles. The lowest BCUT2D eigenvalue weighted by Gasteiger charge is -2.34. The zero-order valence-corrected chi connectivity index (χ0v) is 8.92. The quantitative estimate of drug-likeness (QED) is 0.592. The SMILES string of the molecule is C=C(C)[C@H]1CC[C@H](C)O[C@H]1/C=C/C. The Labute approximate surface area is 81.5 Å².